The fraction of sp³-hybridized carbons (Fsp3) is 0.125. The Morgan fingerprint density at radius 2 is 1.90 bits per heavy atom. The molecule has 0 aliphatic heterocycles. The molecule has 0 aliphatic rings. The summed E-state index contributed by atoms with van der Waals surface area (Å²) in [5.74, 6) is -0.371. The van der Waals surface area contributed by atoms with E-state index in [4.69, 9.17) is 4.74 Å². The first-order valence-corrected chi connectivity index (χ1v) is 7.23. The van der Waals surface area contributed by atoms with Crippen LogP contribution in [0.25, 0.3) is 16.6 Å². The minimum Gasteiger partial charge on any atom is -0.465 e. The van der Waals surface area contributed by atoms with Crippen molar-refractivity contribution < 1.29 is 9.53 Å². The molecule has 1 aromatic heterocycles. The number of ether oxygens (including phenoxy) is 1. The summed E-state index contributed by atoms with van der Waals surface area (Å²) in [6.07, 6.45) is 0. The fourth-order valence-corrected chi connectivity index (χ4v) is 2.86. The smallest absolute Gasteiger partial charge is 0.338 e. The molecule has 0 unspecified atom stereocenters. The normalized spacial score (nSPS) is 10.8. The van der Waals surface area contributed by atoms with Crippen molar-refractivity contribution in [2.24, 2.45) is 0 Å². The monoisotopic (exact) mass is 344 g/mol. The number of esters is 1. The van der Waals surface area contributed by atoms with E-state index < -0.39 is 0 Å². The highest BCUT2D eigenvalue weighted by Crippen LogP contribution is 2.29. The predicted molar refractivity (Wildman–Crippen MR) is 84.8 cm³/mol. The van der Waals surface area contributed by atoms with Gasteiger partial charge in [0.15, 0.2) is 0 Å². The van der Waals surface area contributed by atoms with Crippen molar-refractivity contribution in [1.29, 1.82) is 0 Å². The van der Waals surface area contributed by atoms with E-state index in [2.05, 4.69) is 21.0 Å². The summed E-state index contributed by atoms with van der Waals surface area (Å²) < 4.78 is 7.27. The molecule has 0 saturated heterocycles. The topological polar surface area (TPSA) is 44.1 Å². The lowest BCUT2D eigenvalue weighted by Crippen LogP contribution is -2.02. The van der Waals surface area contributed by atoms with Crippen LogP contribution in [-0.4, -0.2) is 22.9 Å². The lowest BCUT2D eigenvalue weighted by molar-refractivity contribution is 0.0603. The van der Waals surface area contributed by atoms with Gasteiger partial charge in [-0.1, -0.05) is 23.8 Å². The Bertz CT molecular complexity index is 822. The van der Waals surface area contributed by atoms with Gasteiger partial charge in [0.1, 0.15) is 4.60 Å². The number of carbonyl (C=O) groups excluding carboxylic acids is 1. The van der Waals surface area contributed by atoms with Gasteiger partial charge in [0.05, 0.1) is 23.9 Å². The number of rotatable bonds is 2. The highest BCUT2D eigenvalue weighted by Gasteiger charge is 2.18. The Kier molecular flexibility index (Phi) is 3.51. The average molecular weight is 345 g/mol. The van der Waals surface area contributed by atoms with Gasteiger partial charge in [0.2, 0.25) is 0 Å². The number of hydrogen-bond donors (Lipinski definition) is 0. The first kappa shape index (κ1) is 13.8. The molecule has 0 bridgehead atoms. The summed E-state index contributed by atoms with van der Waals surface area (Å²) in [5.41, 5.74) is 3.48. The predicted octanol–water partition coefficient (Wildman–Crippen LogP) is 3.88. The molecule has 0 radical (unpaired) electrons. The lowest BCUT2D eigenvalue weighted by atomic mass is 10.1. The third-order valence-electron chi connectivity index (χ3n) is 3.35. The number of benzene rings is 2. The van der Waals surface area contributed by atoms with Gasteiger partial charge in [-0.25, -0.2) is 9.48 Å². The van der Waals surface area contributed by atoms with Gasteiger partial charge in [-0.3, -0.25) is 0 Å². The van der Waals surface area contributed by atoms with Gasteiger partial charge >= 0.3 is 5.97 Å². The van der Waals surface area contributed by atoms with Gasteiger partial charge in [-0.2, -0.15) is 5.10 Å². The molecule has 5 heteroatoms. The molecule has 1 heterocycles. The van der Waals surface area contributed by atoms with Crippen molar-refractivity contribution in [3.63, 3.8) is 0 Å². The molecule has 0 amide bonds. The lowest BCUT2D eigenvalue weighted by Gasteiger charge is -2.05. The first-order chi connectivity index (χ1) is 10.1. The molecule has 0 spiro atoms. The van der Waals surface area contributed by atoms with Gasteiger partial charge in [0.25, 0.3) is 0 Å². The van der Waals surface area contributed by atoms with Crippen molar-refractivity contribution in [2.45, 2.75) is 6.92 Å². The number of carbonyl (C=O) groups is 1. The van der Waals surface area contributed by atoms with Crippen molar-refractivity contribution in [2.75, 3.05) is 7.11 Å². The quantitative estimate of drug-likeness (QED) is 0.662. The summed E-state index contributed by atoms with van der Waals surface area (Å²) in [5, 5.41) is 5.25. The summed E-state index contributed by atoms with van der Waals surface area (Å²) >= 11 is 3.44. The Balaban J connectivity index is 2.27. The number of fused-ring (bicyclic) bond motifs is 1. The minimum atomic E-state index is -0.371. The summed E-state index contributed by atoms with van der Waals surface area (Å²) in [6, 6.07) is 13.5. The van der Waals surface area contributed by atoms with Gasteiger partial charge in [-0.15, -0.1) is 0 Å². The van der Waals surface area contributed by atoms with Crippen LogP contribution in [0.15, 0.2) is 47.1 Å². The van der Waals surface area contributed by atoms with Crippen LogP contribution in [0.1, 0.15) is 15.9 Å². The Labute approximate surface area is 130 Å². The van der Waals surface area contributed by atoms with Crippen molar-refractivity contribution in [3.05, 3.63) is 58.2 Å². The first-order valence-electron chi connectivity index (χ1n) is 6.44. The van der Waals surface area contributed by atoms with Crippen LogP contribution in [0.4, 0.5) is 0 Å². The maximum Gasteiger partial charge on any atom is 0.338 e. The van der Waals surface area contributed by atoms with Crippen molar-refractivity contribution >= 4 is 32.8 Å². The maximum absolute atomic E-state index is 11.9. The Morgan fingerprint density at radius 3 is 2.57 bits per heavy atom. The summed E-state index contributed by atoms with van der Waals surface area (Å²) in [6.45, 7) is 2.04. The Morgan fingerprint density at radius 1 is 1.19 bits per heavy atom. The molecular formula is C16H13BrN2O2. The zero-order chi connectivity index (χ0) is 15.0. The molecule has 0 fully saturated rings. The molecule has 3 aromatic rings. The molecule has 0 N–H and O–H groups in total. The zero-order valence-corrected chi connectivity index (χ0v) is 13.2. The molecule has 4 nitrogen and oxygen atoms in total. The van der Waals surface area contributed by atoms with E-state index in [9.17, 15) is 4.79 Å². The number of methoxy groups -OCH3 is 1. The van der Waals surface area contributed by atoms with E-state index in [-0.39, 0.29) is 5.97 Å². The Hall–Kier alpha value is -2.14. The molecule has 21 heavy (non-hydrogen) atoms. The molecule has 0 saturated carbocycles. The van der Waals surface area contributed by atoms with Crippen LogP contribution in [-0.2, 0) is 4.74 Å². The van der Waals surface area contributed by atoms with Gasteiger partial charge < -0.3 is 4.74 Å². The number of halogens is 1. The van der Waals surface area contributed by atoms with Crippen LogP contribution < -0.4 is 0 Å². The highest BCUT2D eigenvalue weighted by atomic mass is 79.9. The molecule has 106 valence electrons. The number of hydrogen-bond acceptors (Lipinski definition) is 3. The van der Waals surface area contributed by atoms with Gasteiger partial charge in [0, 0.05) is 5.39 Å². The molecule has 2 aromatic carbocycles. The second-order valence-corrected chi connectivity index (χ2v) is 5.48. The number of nitrogens with zero attached hydrogens (tertiary/aromatic N) is 2. The largest absolute Gasteiger partial charge is 0.465 e. The van der Waals surface area contributed by atoms with E-state index >= 15 is 0 Å². The van der Waals surface area contributed by atoms with Gasteiger partial charge in [-0.05, 0) is 47.1 Å². The van der Waals surface area contributed by atoms with Crippen LogP contribution >= 0.6 is 15.9 Å². The van der Waals surface area contributed by atoms with E-state index in [1.54, 1.807) is 6.07 Å². The number of aryl methyl sites for hydroxylation is 1. The van der Waals surface area contributed by atoms with Crippen LogP contribution in [0.2, 0.25) is 0 Å². The van der Waals surface area contributed by atoms with Crippen LogP contribution in [0, 0.1) is 6.92 Å². The molecule has 3 rings (SSSR count). The molecule has 0 atom stereocenters. The van der Waals surface area contributed by atoms with E-state index in [1.165, 1.54) is 12.7 Å². The SMILES string of the molecule is COC(=O)c1cccc2c1c(Br)nn2-c1ccc(C)cc1. The summed E-state index contributed by atoms with van der Waals surface area (Å²) in [7, 11) is 1.37. The number of aromatic nitrogens is 2. The van der Waals surface area contributed by atoms with Crippen molar-refractivity contribution in [1.82, 2.24) is 9.78 Å². The zero-order valence-electron chi connectivity index (χ0n) is 11.6. The second-order valence-electron chi connectivity index (χ2n) is 4.73. The maximum atomic E-state index is 11.9. The van der Waals surface area contributed by atoms with Crippen molar-refractivity contribution in [3.8, 4) is 5.69 Å². The van der Waals surface area contributed by atoms with E-state index in [0.717, 1.165) is 16.6 Å². The molecule has 0 aliphatic carbocycles. The second kappa shape index (κ2) is 5.33. The highest BCUT2D eigenvalue weighted by molar-refractivity contribution is 9.10. The summed E-state index contributed by atoms with van der Waals surface area (Å²) in [4.78, 5) is 11.9. The third-order valence-corrected chi connectivity index (χ3v) is 3.90. The van der Waals surface area contributed by atoms with Crippen LogP contribution in [0.5, 0.6) is 0 Å². The third kappa shape index (κ3) is 2.34. The molecular weight excluding hydrogens is 332 g/mol. The average Bonchev–Trinajstić information content (AvgIpc) is 2.85. The minimum absolute atomic E-state index is 0.371. The fourth-order valence-electron chi connectivity index (χ4n) is 2.29. The van der Waals surface area contributed by atoms with Crippen LogP contribution in [0.3, 0.4) is 0 Å². The standard InChI is InChI=1S/C16H13BrN2O2/c1-10-6-8-11(9-7-10)19-13-5-3-4-12(16(20)21-2)14(13)15(17)18-19/h3-9H,1-2H3. The van der Waals surface area contributed by atoms with E-state index in [1.807, 2.05) is 48.0 Å². The van der Waals surface area contributed by atoms with E-state index in [0.29, 0.717) is 10.2 Å².